The van der Waals surface area contributed by atoms with E-state index in [9.17, 15) is 0 Å². The molecule has 0 heterocycles. The second kappa shape index (κ2) is 19.4. The zero-order chi connectivity index (χ0) is 38.7. The van der Waals surface area contributed by atoms with Gasteiger partial charge in [-0.1, -0.05) is 148 Å². The van der Waals surface area contributed by atoms with Crippen LogP contribution in [-0.2, 0) is 36.2 Å². The summed E-state index contributed by atoms with van der Waals surface area (Å²) < 4.78 is 0. The monoisotopic (exact) mass is 892 g/mol. The molecule has 0 aromatic heterocycles. The molecule has 0 bridgehead atoms. The van der Waals surface area contributed by atoms with Crippen molar-refractivity contribution in [2.75, 3.05) is 0 Å². The first-order valence-corrected chi connectivity index (χ1v) is 27.2. The number of rotatable bonds is 6. The van der Waals surface area contributed by atoms with Gasteiger partial charge in [-0.25, -0.2) is 0 Å². The van der Waals surface area contributed by atoms with Gasteiger partial charge in [0.2, 0.25) is 0 Å². The second-order valence-electron chi connectivity index (χ2n) is 17.8. The molecule has 0 N–H and O–H groups in total. The van der Waals surface area contributed by atoms with E-state index in [0.717, 1.165) is 0 Å². The SMILES string of the molecule is CC1(Cc2cc3c(-c4cccc5ccccc45)cccc3[cH-]2)CCCC1.CC1(Cc2cc3c(-c4cccc5ccccc45)cccc3[cH-]2)CCCC1.C[Si](C)=[Zr+2].[Cl-].[Cl-]. The van der Waals surface area contributed by atoms with E-state index in [1.54, 1.807) is 23.3 Å². The first-order chi connectivity index (χ1) is 27.2. The average Bonchev–Trinajstić information content (AvgIpc) is 4.01. The summed E-state index contributed by atoms with van der Waals surface area (Å²) in [4.78, 5) is 0. The molecule has 0 amide bonds. The summed E-state index contributed by atoms with van der Waals surface area (Å²) in [7, 11) is 0. The Labute approximate surface area is 374 Å². The van der Waals surface area contributed by atoms with Gasteiger partial charge in [-0.15, -0.1) is 69.1 Å². The van der Waals surface area contributed by atoms with Crippen LogP contribution in [0.4, 0.5) is 0 Å². The molecule has 2 aliphatic carbocycles. The average molecular weight is 895 g/mol. The summed E-state index contributed by atoms with van der Waals surface area (Å²) in [6.07, 6.45) is 13.6. The quantitative estimate of drug-likeness (QED) is 0.115. The van der Waals surface area contributed by atoms with Crippen molar-refractivity contribution in [1.82, 2.24) is 0 Å². The number of benzene rings is 6. The molecule has 0 unspecified atom stereocenters. The molecule has 0 saturated heterocycles. The fourth-order valence-electron chi connectivity index (χ4n) is 9.98. The Balaban J connectivity index is 0.000000174. The largest absolute Gasteiger partial charge is 1.00 e. The van der Waals surface area contributed by atoms with E-state index in [2.05, 4.69) is 173 Å². The zero-order valence-corrected chi connectivity index (χ0v) is 39.7. The minimum Gasteiger partial charge on any atom is -1.00 e. The van der Waals surface area contributed by atoms with Gasteiger partial charge < -0.3 is 24.8 Å². The van der Waals surface area contributed by atoms with Gasteiger partial charge in [0.25, 0.3) is 0 Å². The maximum atomic E-state index is 2.48. The third-order valence-corrected chi connectivity index (χ3v) is 12.7. The summed E-state index contributed by atoms with van der Waals surface area (Å²) in [6.45, 7) is 9.57. The Bertz CT molecular complexity index is 2440. The molecule has 58 heavy (non-hydrogen) atoms. The minimum atomic E-state index is 0. The number of fused-ring (bicyclic) bond motifs is 4. The maximum Gasteiger partial charge on any atom is -1.00 e. The Kier molecular flexibility index (Phi) is 14.8. The minimum absolute atomic E-state index is 0. The first kappa shape index (κ1) is 44.3. The van der Waals surface area contributed by atoms with Gasteiger partial charge in [-0.2, -0.15) is 12.1 Å². The predicted octanol–water partition coefficient (Wildman–Crippen LogP) is 9.80. The van der Waals surface area contributed by atoms with E-state index in [1.165, 1.54) is 141 Å². The molecule has 0 aliphatic heterocycles. The van der Waals surface area contributed by atoms with Crippen molar-refractivity contribution in [3.8, 4) is 22.3 Å². The predicted molar refractivity (Wildman–Crippen MR) is 243 cm³/mol. The van der Waals surface area contributed by atoms with Crippen LogP contribution in [0.25, 0.3) is 65.3 Å². The van der Waals surface area contributed by atoms with Gasteiger partial charge in [-0.3, -0.25) is 0 Å². The maximum absolute atomic E-state index is 2.48. The van der Waals surface area contributed by atoms with Crippen molar-refractivity contribution in [2.45, 2.75) is 91.1 Å². The van der Waals surface area contributed by atoms with Crippen LogP contribution < -0.4 is 24.8 Å². The van der Waals surface area contributed by atoms with Crippen molar-refractivity contribution in [3.63, 3.8) is 0 Å². The van der Waals surface area contributed by atoms with E-state index in [0.29, 0.717) is 10.8 Å². The van der Waals surface area contributed by atoms with Crippen molar-refractivity contribution in [1.29, 1.82) is 0 Å². The Morgan fingerprint density at radius 3 is 1.16 bits per heavy atom. The van der Waals surface area contributed by atoms with Crippen molar-refractivity contribution >= 4 is 48.5 Å². The molecule has 0 nitrogen and oxygen atoms in total. The summed E-state index contributed by atoms with van der Waals surface area (Å²) in [5.74, 6) is 0. The number of hydrogen-bond donors (Lipinski definition) is 0. The smallest absolute Gasteiger partial charge is 1.00 e. The van der Waals surface area contributed by atoms with Gasteiger partial charge in [0.15, 0.2) is 0 Å². The van der Waals surface area contributed by atoms with E-state index >= 15 is 0 Å². The molecule has 8 aromatic rings. The molecule has 296 valence electrons. The summed E-state index contributed by atoms with van der Waals surface area (Å²) >= 11 is 1.74. The molecule has 2 saturated carbocycles. The molecule has 0 spiro atoms. The molecule has 0 radical (unpaired) electrons. The van der Waals surface area contributed by atoms with E-state index < -0.39 is 0 Å². The fraction of sp³-hybridized carbons (Fsp3) is 0.296. The first-order valence-electron chi connectivity index (χ1n) is 21.0. The number of halogens is 2. The van der Waals surface area contributed by atoms with Crippen LogP contribution in [0.1, 0.15) is 76.3 Å². The Morgan fingerprint density at radius 2 is 0.776 bits per heavy atom. The van der Waals surface area contributed by atoms with Crippen molar-refractivity contribution < 1.29 is 48.1 Å². The summed E-state index contributed by atoms with van der Waals surface area (Å²) in [6, 6.07) is 54.0. The van der Waals surface area contributed by atoms with Crippen LogP contribution in [0.2, 0.25) is 13.1 Å². The third kappa shape index (κ3) is 10.0. The van der Waals surface area contributed by atoms with Gasteiger partial charge in [-0.05, 0) is 82.0 Å². The third-order valence-electron chi connectivity index (χ3n) is 12.7. The Morgan fingerprint density at radius 1 is 0.466 bits per heavy atom. The van der Waals surface area contributed by atoms with Gasteiger partial charge >= 0.3 is 41.9 Å². The molecule has 2 fully saturated rings. The number of hydrogen-bond acceptors (Lipinski definition) is 0. The van der Waals surface area contributed by atoms with Gasteiger partial charge in [0, 0.05) is 0 Å². The van der Waals surface area contributed by atoms with Crippen LogP contribution in [0.3, 0.4) is 0 Å². The van der Waals surface area contributed by atoms with Gasteiger partial charge in [0.1, 0.15) is 0 Å². The molecule has 0 atom stereocenters. The van der Waals surface area contributed by atoms with Crippen LogP contribution in [0.15, 0.2) is 146 Å². The molecule has 4 heteroatoms. The van der Waals surface area contributed by atoms with Crippen molar-refractivity contribution in [2.24, 2.45) is 10.8 Å². The standard InChI is InChI=1S/2C26H25.C2H6Si.2ClH.Zr/c2*1-26(14-4-5-15-26)18-19-16-21-10-7-13-24(25(21)17-19)23-12-6-9-20-8-2-3-11-22(20)23;1-3-2;;;/h2*2-3,6-13,16-17H,4-5,14-15,18H2,1H3;1-2H3;2*1H;/q2*-1;;;;+2/p-2. The van der Waals surface area contributed by atoms with Crippen LogP contribution >= 0.6 is 0 Å². The van der Waals surface area contributed by atoms with Crippen molar-refractivity contribution in [3.05, 3.63) is 157 Å². The van der Waals surface area contributed by atoms with Gasteiger partial charge in [0.05, 0.1) is 0 Å². The van der Waals surface area contributed by atoms with Crippen LogP contribution in [0.5, 0.6) is 0 Å². The topological polar surface area (TPSA) is 0 Å². The van der Waals surface area contributed by atoms with Crippen LogP contribution in [0, 0.1) is 10.8 Å². The molecular weight excluding hydrogens is 839 g/mol. The van der Waals surface area contributed by atoms with E-state index in [-0.39, 0.29) is 30.2 Å². The van der Waals surface area contributed by atoms with E-state index in [4.69, 9.17) is 0 Å². The Hall–Kier alpha value is -3.26. The normalized spacial score (nSPS) is 15.3. The summed E-state index contributed by atoms with van der Waals surface area (Å²) in [5.41, 5.74) is 9.66. The molecule has 8 aromatic carbocycles. The fourth-order valence-corrected chi connectivity index (χ4v) is 9.98. The second-order valence-corrected chi connectivity index (χ2v) is 27.2. The molecular formula is C54H56Cl2SiZr-2. The van der Waals surface area contributed by atoms with E-state index in [1.807, 2.05) is 0 Å². The molecule has 2 aliphatic rings. The summed E-state index contributed by atoms with van der Waals surface area (Å²) in [5, 5.41) is 10.9. The zero-order valence-electron chi connectivity index (χ0n) is 34.7. The molecule has 10 rings (SSSR count). The van der Waals surface area contributed by atoms with Crippen LogP contribution in [-0.4, -0.2) is 5.43 Å².